The minimum Gasteiger partial charge on any atom is -0.325 e. The molecule has 2 rings (SSSR count). The molecule has 0 spiro atoms. The van der Waals surface area contributed by atoms with Gasteiger partial charge >= 0.3 is 0 Å². The lowest BCUT2D eigenvalue weighted by molar-refractivity contribution is -0.126. The number of nitrogens with one attached hydrogen (secondary N) is 1. The number of nitriles is 1. The summed E-state index contributed by atoms with van der Waals surface area (Å²) >= 11 is 3.04. The van der Waals surface area contributed by atoms with Crippen LogP contribution in [0.15, 0.2) is 22.7 Å². The molecule has 1 aromatic carbocycles. The van der Waals surface area contributed by atoms with Gasteiger partial charge in [0.15, 0.2) is 0 Å². The van der Waals surface area contributed by atoms with Crippen LogP contribution in [0, 0.1) is 22.6 Å². The highest BCUT2D eigenvalue weighted by atomic mass is 79.9. The predicted octanol–water partition coefficient (Wildman–Crippen LogP) is 3.22. The van der Waals surface area contributed by atoms with Crippen LogP contribution in [0.4, 0.5) is 10.1 Å². The number of anilines is 1. The lowest BCUT2D eigenvalue weighted by atomic mass is 9.69. The molecule has 1 N–H and O–H groups in total. The number of nitrogens with zero attached hydrogens (tertiary/aromatic N) is 1. The molecule has 88 valence electrons. The highest BCUT2D eigenvalue weighted by Crippen LogP contribution is 2.41. The molecule has 5 heteroatoms. The fourth-order valence-electron chi connectivity index (χ4n) is 1.74. The van der Waals surface area contributed by atoms with Crippen molar-refractivity contribution in [1.29, 1.82) is 5.26 Å². The minimum atomic E-state index is -0.888. The summed E-state index contributed by atoms with van der Waals surface area (Å²) in [5.41, 5.74) is -0.397. The molecule has 0 atom stereocenters. The molecule has 0 aromatic heterocycles. The first-order valence-corrected chi connectivity index (χ1v) is 6.04. The molecule has 0 bridgehead atoms. The molecule has 1 aromatic rings. The maximum absolute atomic E-state index is 13.0. The van der Waals surface area contributed by atoms with Gasteiger partial charge in [-0.1, -0.05) is 0 Å². The summed E-state index contributed by atoms with van der Waals surface area (Å²) in [6.07, 6.45) is 2.09. The summed E-state index contributed by atoms with van der Waals surface area (Å²) in [7, 11) is 0. The Morgan fingerprint density at radius 3 is 2.71 bits per heavy atom. The third-order valence-electron chi connectivity index (χ3n) is 3.03. The van der Waals surface area contributed by atoms with E-state index in [1.54, 1.807) is 0 Å². The average Bonchev–Trinajstić information content (AvgIpc) is 2.23. The van der Waals surface area contributed by atoms with Crippen molar-refractivity contribution >= 4 is 27.5 Å². The second kappa shape index (κ2) is 4.46. The molecular formula is C12H10BrFN2O. The molecule has 1 aliphatic rings. The first-order chi connectivity index (χ1) is 8.07. The van der Waals surface area contributed by atoms with Gasteiger partial charge in [0.05, 0.1) is 10.5 Å². The molecule has 0 aliphatic heterocycles. The number of benzene rings is 1. The Balaban J connectivity index is 2.13. The Morgan fingerprint density at radius 2 is 2.24 bits per heavy atom. The van der Waals surface area contributed by atoms with Crippen LogP contribution in [0.25, 0.3) is 0 Å². The van der Waals surface area contributed by atoms with Crippen molar-refractivity contribution in [3.63, 3.8) is 0 Å². The maximum atomic E-state index is 13.0. The summed E-state index contributed by atoms with van der Waals surface area (Å²) < 4.78 is 13.3. The topological polar surface area (TPSA) is 52.9 Å². The van der Waals surface area contributed by atoms with Crippen molar-refractivity contribution in [1.82, 2.24) is 0 Å². The van der Waals surface area contributed by atoms with Gasteiger partial charge in [0.25, 0.3) is 0 Å². The monoisotopic (exact) mass is 296 g/mol. The smallest absolute Gasteiger partial charge is 0.244 e. The van der Waals surface area contributed by atoms with E-state index in [1.807, 2.05) is 0 Å². The summed E-state index contributed by atoms with van der Waals surface area (Å²) in [6, 6.07) is 6.28. The van der Waals surface area contributed by atoms with Crippen LogP contribution in [0.5, 0.6) is 0 Å². The van der Waals surface area contributed by atoms with Crippen molar-refractivity contribution in [2.45, 2.75) is 19.3 Å². The molecule has 0 saturated heterocycles. The van der Waals surface area contributed by atoms with Gasteiger partial charge in [0.1, 0.15) is 11.2 Å². The third kappa shape index (κ3) is 2.18. The quantitative estimate of drug-likeness (QED) is 0.911. The largest absolute Gasteiger partial charge is 0.325 e. The standard InChI is InChI=1S/C12H10BrFN2O/c13-9-6-8(2-3-10(9)14)16-11(17)12(7-15)4-1-5-12/h2-3,6H,1,4-5H2,(H,16,17). The second-order valence-electron chi connectivity index (χ2n) is 4.13. The van der Waals surface area contributed by atoms with E-state index in [0.717, 1.165) is 6.42 Å². The van der Waals surface area contributed by atoms with E-state index >= 15 is 0 Å². The first-order valence-electron chi connectivity index (χ1n) is 5.25. The molecule has 1 aliphatic carbocycles. The van der Waals surface area contributed by atoms with Gasteiger partial charge in [0, 0.05) is 5.69 Å². The minimum absolute atomic E-state index is 0.287. The predicted molar refractivity (Wildman–Crippen MR) is 64.6 cm³/mol. The van der Waals surface area contributed by atoms with E-state index in [0.29, 0.717) is 18.5 Å². The van der Waals surface area contributed by atoms with Gasteiger partial charge in [-0.05, 0) is 53.4 Å². The van der Waals surface area contributed by atoms with E-state index in [-0.39, 0.29) is 16.2 Å². The number of rotatable bonds is 2. The Bertz CT molecular complexity index is 506. The van der Waals surface area contributed by atoms with Crippen molar-refractivity contribution in [2.75, 3.05) is 5.32 Å². The van der Waals surface area contributed by atoms with Crippen LogP contribution >= 0.6 is 15.9 Å². The summed E-state index contributed by atoms with van der Waals surface area (Å²) in [5.74, 6) is -0.689. The van der Waals surface area contributed by atoms with Crippen LogP contribution in [0.2, 0.25) is 0 Å². The van der Waals surface area contributed by atoms with Crippen LogP contribution < -0.4 is 5.32 Å². The second-order valence-corrected chi connectivity index (χ2v) is 4.98. The molecule has 0 radical (unpaired) electrons. The van der Waals surface area contributed by atoms with Crippen molar-refractivity contribution in [2.24, 2.45) is 5.41 Å². The maximum Gasteiger partial charge on any atom is 0.244 e. The highest BCUT2D eigenvalue weighted by Gasteiger charge is 2.44. The van der Waals surface area contributed by atoms with Crippen molar-refractivity contribution in [3.8, 4) is 6.07 Å². The van der Waals surface area contributed by atoms with E-state index in [2.05, 4.69) is 27.3 Å². The summed E-state index contributed by atoms with van der Waals surface area (Å²) in [6.45, 7) is 0. The third-order valence-corrected chi connectivity index (χ3v) is 3.64. The summed E-state index contributed by atoms with van der Waals surface area (Å²) in [5, 5.41) is 11.6. The molecule has 3 nitrogen and oxygen atoms in total. The molecule has 17 heavy (non-hydrogen) atoms. The van der Waals surface area contributed by atoms with E-state index in [4.69, 9.17) is 5.26 Å². The van der Waals surface area contributed by atoms with Gasteiger partial charge in [-0.2, -0.15) is 5.26 Å². The molecular weight excluding hydrogens is 287 g/mol. The fraction of sp³-hybridized carbons (Fsp3) is 0.333. The number of carbonyl (C=O) groups excluding carboxylic acids is 1. The summed E-state index contributed by atoms with van der Waals surface area (Å²) in [4.78, 5) is 11.9. The zero-order chi connectivity index (χ0) is 12.5. The zero-order valence-electron chi connectivity index (χ0n) is 8.96. The van der Waals surface area contributed by atoms with Crippen LogP contribution in [-0.4, -0.2) is 5.91 Å². The van der Waals surface area contributed by atoms with E-state index < -0.39 is 5.41 Å². The SMILES string of the molecule is N#CC1(C(=O)Nc2ccc(F)c(Br)c2)CCC1. The molecule has 1 fully saturated rings. The van der Waals surface area contributed by atoms with Crippen LogP contribution in [-0.2, 0) is 4.79 Å². The molecule has 0 unspecified atom stereocenters. The number of carbonyl (C=O) groups is 1. The molecule has 0 heterocycles. The Kier molecular flexibility index (Phi) is 3.16. The Hall–Kier alpha value is -1.41. The Morgan fingerprint density at radius 1 is 1.53 bits per heavy atom. The average molecular weight is 297 g/mol. The fourth-order valence-corrected chi connectivity index (χ4v) is 2.12. The highest BCUT2D eigenvalue weighted by molar-refractivity contribution is 9.10. The number of hydrogen-bond acceptors (Lipinski definition) is 2. The molecule has 1 amide bonds. The van der Waals surface area contributed by atoms with Crippen molar-refractivity contribution in [3.05, 3.63) is 28.5 Å². The zero-order valence-corrected chi connectivity index (χ0v) is 10.6. The number of hydrogen-bond donors (Lipinski definition) is 1. The van der Waals surface area contributed by atoms with Gasteiger partial charge in [0.2, 0.25) is 5.91 Å². The van der Waals surface area contributed by atoms with Gasteiger partial charge in [-0.3, -0.25) is 4.79 Å². The first kappa shape index (κ1) is 12.1. The number of amides is 1. The molecule has 1 saturated carbocycles. The van der Waals surface area contributed by atoms with Crippen LogP contribution in [0.1, 0.15) is 19.3 Å². The van der Waals surface area contributed by atoms with Crippen molar-refractivity contribution < 1.29 is 9.18 Å². The number of halogens is 2. The Labute approximate surface area is 107 Å². The van der Waals surface area contributed by atoms with Crippen LogP contribution in [0.3, 0.4) is 0 Å². The lowest BCUT2D eigenvalue weighted by Gasteiger charge is -2.33. The van der Waals surface area contributed by atoms with Gasteiger partial charge in [-0.25, -0.2) is 4.39 Å². The lowest BCUT2D eigenvalue weighted by Crippen LogP contribution is -2.40. The van der Waals surface area contributed by atoms with Gasteiger partial charge in [-0.15, -0.1) is 0 Å². The normalized spacial score (nSPS) is 16.8. The van der Waals surface area contributed by atoms with Gasteiger partial charge < -0.3 is 5.32 Å². The van der Waals surface area contributed by atoms with E-state index in [9.17, 15) is 9.18 Å². The van der Waals surface area contributed by atoms with E-state index in [1.165, 1.54) is 18.2 Å².